The average Bonchev–Trinajstić information content (AvgIpc) is 3.90. The van der Waals surface area contributed by atoms with E-state index in [2.05, 4.69) is 146 Å². The molecule has 2 aromatic heterocycles. The first-order valence-electron chi connectivity index (χ1n) is 16.9. The van der Waals surface area contributed by atoms with Gasteiger partial charge in [0.05, 0.1) is 11.0 Å². The Bertz CT molecular complexity index is 2860. The highest BCUT2D eigenvalue weighted by atomic mass is 16.5. The van der Waals surface area contributed by atoms with Crippen molar-refractivity contribution in [2.45, 2.75) is 31.4 Å². The van der Waals surface area contributed by atoms with Crippen molar-refractivity contribution in [3.8, 4) is 28.0 Å². The molecule has 0 fully saturated rings. The first-order chi connectivity index (χ1) is 23.6. The van der Waals surface area contributed by atoms with Crippen molar-refractivity contribution in [1.82, 2.24) is 4.57 Å². The summed E-state index contributed by atoms with van der Waals surface area (Å²) >= 11 is 0. The lowest BCUT2D eigenvalue weighted by Gasteiger charge is -2.27. The van der Waals surface area contributed by atoms with Gasteiger partial charge in [-0.05, 0) is 75.4 Å². The number of benzene rings is 6. The Hall–Kier alpha value is -5.80. The van der Waals surface area contributed by atoms with E-state index < -0.39 is 0 Å². The first kappa shape index (κ1) is 25.3. The van der Waals surface area contributed by atoms with Crippen LogP contribution in [0.25, 0.3) is 77.1 Å². The molecule has 0 saturated carbocycles. The van der Waals surface area contributed by atoms with Crippen molar-refractivity contribution < 1.29 is 9.15 Å². The topological polar surface area (TPSA) is 27.3 Å². The van der Waals surface area contributed by atoms with Gasteiger partial charge < -0.3 is 13.7 Å². The number of rotatable bonds is 1. The van der Waals surface area contributed by atoms with Crippen LogP contribution in [-0.4, -0.2) is 10.7 Å². The predicted molar refractivity (Wildman–Crippen MR) is 196 cm³/mol. The Labute approximate surface area is 277 Å². The molecule has 12 rings (SSSR count). The number of aromatic nitrogens is 1. The third-order valence-electron chi connectivity index (χ3n) is 11.7. The molecule has 2 unspecified atom stereocenters. The van der Waals surface area contributed by atoms with Gasteiger partial charge in [-0.25, -0.2) is 0 Å². The number of para-hydroxylation sites is 2. The number of hydrogen-bond donors (Lipinski definition) is 0. The first-order valence-corrected chi connectivity index (χ1v) is 16.9. The molecule has 3 heteroatoms. The quantitative estimate of drug-likeness (QED) is 0.184. The van der Waals surface area contributed by atoms with Gasteiger partial charge >= 0.3 is 0 Å². The van der Waals surface area contributed by atoms with Crippen LogP contribution >= 0.6 is 0 Å². The number of nitrogens with zero attached hydrogens (tertiary/aromatic N) is 1. The largest absolute Gasteiger partial charge is 0.483 e. The fourth-order valence-electron chi connectivity index (χ4n) is 9.54. The summed E-state index contributed by atoms with van der Waals surface area (Å²) in [5, 5.41) is 4.78. The van der Waals surface area contributed by atoms with Crippen LogP contribution in [0.2, 0.25) is 0 Å². The zero-order chi connectivity index (χ0) is 31.5. The summed E-state index contributed by atoms with van der Waals surface area (Å²) in [7, 11) is 0. The van der Waals surface area contributed by atoms with Gasteiger partial charge in [0.2, 0.25) is 0 Å². The van der Waals surface area contributed by atoms with Gasteiger partial charge in [-0.3, -0.25) is 0 Å². The second-order valence-electron chi connectivity index (χ2n) is 14.4. The minimum atomic E-state index is -0.115. The van der Waals surface area contributed by atoms with E-state index in [0.717, 1.165) is 33.2 Å². The van der Waals surface area contributed by atoms with E-state index in [1.807, 2.05) is 0 Å². The fourth-order valence-corrected chi connectivity index (χ4v) is 9.54. The minimum Gasteiger partial charge on any atom is -0.483 e. The van der Waals surface area contributed by atoms with Crippen LogP contribution in [-0.2, 0) is 5.41 Å². The van der Waals surface area contributed by atoms with Crippen molar-refractivity contribution in [3.05, 3.63) is 150 Å². The van der Waals surface area contributed by atoms with E-state index in [1.165, 1.54) is 71.9 Å². The molecule has 2 aliphatic carbocycles. The van der Waals surface area contributed by atoms with Gasteiger partial charge in [0.1, 0.15) is 23.5 Å². The molecule has 4 aliphatic rings. The minimum absolute atomic E-state index is 0.00471. The van der Waals surface area contributed by atoms with Crippen molar-refractivity contribution in [2.24, 2.45) is 0 Å². The van der Waals surface area contributed by atoms with E-state index in [9.17, 15) is 0 Å². The van der Waals surface area contributed by atoms with Gasteiger partial charge in [-0.2, -0.15) is 0 Å². The van der Waals surface area contributed by atoms with Crippen molar-refractivity contribution >= 4 is 54.9 Å². The highest BCUT2D eigenvalue weighted by molar-refractivity contribution is 6.24. The molecule has 8 aromatic rings. The molecule has 226 valence electrons. The summed E-state index contributed by atoms with van der Waals surface area (Å²) in [5.41, 5.74) is 17.2. The molecule has 6 aromatic carbocycles. The van der Waals surface area contributed by atoms with Crippen LogP contribution < -0.4 is 4.74 Å². The fraction of sp³-hybridized carbons (Fsp3) is 0.111. The summed E-state index contributed by atoms with van der Waals surface area (Å²) in [5.74, 6) is 0.961. The molecule has 0 saturated heterocycles. The molecule has 2 atom stereocenters. The lowest BCUT2D eigenvalue weighted by Crippen LogP contribution is -2.27. The van der Waals surface area contributed by atoms with Crippen LogP contribution in [0.4, 0.5) is 0 Å². The summed E-state index contributed by atoms with van der Waals surface area (Å²) in [4.78, 5) is 0. The molecule has 3 nitrogen and oxygen atoms in total. The molecule has 48 heavy (non-hydrogen) atoms. The molecule has 0 N–H and O–H groups in total. The number of ether oxygens (including phenoxy) is 1. The predicted octanol–water partition coefficient (Wildman–Crippen LogP) is 11.5. The van der Waals surface area contributed by atoms with Crippen molar-refractivity contribution in [3.63, 3.8) is 0 Å². The van der Waals surface area contributed by atoms with E-state index in [1.54, 1.807) is 0 Å². The Kier molecular flexibility index (Phi) is 4.41. The molecule has 0 spiro atoms. The maximum absolute atomic E-state index is 6.83. The third-order valence-corrected chi connectivity index (χ3v) is 11.7. The zero-order valence-electron chi connectivity index (χ0n) is 26.5. The smallest absolute Gasteiger partial charge is 0.159 e. The second-order valence-corrected chi connectivity index (χ2v) is 14.4. The van der Waals surface area contributed by atoms with Crippen LogP contribution in [0.15, 0.2) is 132 Å². The van der Waals surface area contributed by atoms with Crippen LogP contribution in [0.1, 0.15) is 42.1 Å². The second kappa shape index (κ2) is 8.37. The van der Waals surface area contributed by atoms with Gasteiger partial charge in [-0.15, -0.1) is 0 Å². The molecular weight excluding hydrogens is 587 g/mol. The number of allylic oxidation sites excluding steroid dienone is 2. The summed E-state index contributed by atoms with van der Waals surface area (Å²) in [6, 6.07) is 42.2. The molecular formula is C45H29NO2. The Morgan fingerprint density at radius 3 is 2.27 bits per heavy atom. The molecule has 2 aliphatic heterocycles. The lowest BCUT2D eigenvalue weighted by atomic mass is 9.81. The zero-order valence-corrected chi connectivity index (χ0v) is 26.5. The summed E-state index contributed by atoms with van der Waals surface area (Å²) in [6.07, 6.45) is 4.53. The molecule has 0 amide bonds. The highest BCUT2D eigenvalue weighted by Gasteiger charge is 2.45. The summed E-state index contributed by atoms with van der Waals surface area (Å²) in [6.45, 7) is 4.72. The van der Waals surface area contributed by atoms with Gasteiger partial charge in [0.15, 0.2) is 5.58 Å². The monoisotopic (exact) mass is 615 g/mol. The van der Waals surface area contributed by atoms with Crippen molar-refractivity contribution in [2.75, 3.05) is 0 Å². The van der Waals surface area contributed by atoms with E-state index in [-0.39, 0.29) is 17.6 Å². The molecule has 0 bridgehead atoms. The summed E-state index contributed by atoms with van der Waals surface area (Å²) < 4.78 is 16.1. The van der Waals surface area contributed by atoms with Gasteiger partial charge in [0, 0.05) is 43.7 Å². The number of hydrogen-bond acceptors (Lipinski definition) is 2. The Morgan fingerprint density at radius 1 is 0.562 bits per heavy atom. The number of fused-ring (bicyclic) bond motifs is 17. The third kappa shape index (κ3) is 2.89. The standard InChI is InChI=1S/C45H29NO2/c1-45(2)36-12-6-3-9-26(36)27-16-15-24(23-37(27)45)25-21-34-30-17-19-32-28-10-4-7-13-38(28)47-43(32)41(30)46-40(34)35(22-25)31-18-20-33-29-11-5-8-14-39(29)48-44(33)42(31)46/h3-23,41,43H,1-2H3. The van der Waals surface area contributed by atoms with Crippen LogP contribution in [0, 0.1) is 0 Å². The average molecular weight is 616 g/mol. The van der Waals surface area contributed by atoms with Crippen LogP contribution in [0.3, 0.4) is 0 Å². The Morgan fingerprint density at radius 2 is 1.33 bits per heavy atom. The van der Waals surface area contributed by atoms with Crippen LogP contribution in [0.5, 0.6) is 5.75 Å². The van der Waals surface area contributed by atoms with Gasteiger partial charge in [0.25, 0.3) is 0 Å². The van der Waals surface area contributed by atoms with E-state index >= 15 is 0 Å². The maximum Gasteiger partial charge on any atom is 0.159 e. The molecule has 4 heterocycles. The maximum atomic E-state index is 6.83. The van der Waals surface area contributed by atoms with E-state index in [4.69, 9.17) is 9.15 Å². The highest BCUT2D eigenvalue weighted by Crippen LogP contribution is 2.57. The normalized spacial score (nSPS) is 19.2. The van der Waals surface area contributed by atoms with Crippen molar-refractivity contribution in [1.29, 1.82) is 0 Å². The number of furan rings is 1. The van der Waals surface area contributed by atoms with Gasteiger partial charge in [-0.1, -0.05) is 105 Å². The molecule has 0 radical (unpaired) electrons. The SMILES string of the molecule is CC1(C)c2ccccc2-c2ccc(-c3cc4c5c(c3)c3ccc6c7ccccc7oc6c3n5C3C4=CC=C4c5ccccc5OC43)cc21. The lowest BCUT2D eigenvalue weighted by molar-refractivity contribution is 0.239. The Balaban J connectivity index is 1.16. The van der Waals surface area contributed by atoms with E-state index in [0.29, 0.717) is 0 Å².